The molecule has 5 rings (SSSR count). The van der Waals surface area contributed by atoms with E-state index < -0.39 is 67.8 Å². The van der Waals surface area contributed by atoms with E-state index in [1.165, 1.54) is 30.3 Å². The van der Waals surface area contributed by atoms with Crippen LogP contribution in [0.3, 0.4) is 0 Å². The normalized spacial score (nSPS) is 12.6. The van der Waals surface area contributed by atoms with E-state index >= 15 is 0 Å². The van der Waals surface area contributed by atoms with E-state index in [2.05, 4.69) is 4.98 Å². The van der Waals surface area contributed by atoms with Gasteiger partial charge in [-0.2, -0.15) is 0 Å². The molecule has 315 valence electrons. The second kappa shape index (κ2) is 21.5. The van der Waals surface area contributed by atoms with Gasteiger partial charge in [0.25, 0.3) is 5.89 Å². The van der Waals surface area contributed by atoms with E-state index in [-0.39, 0.29) is 130 Å². The van der Waals surface area contributed by atoms with Crippen molar-refractivity contribution in [3.05, 3.63) is 53.9 Å². The molecule has 1 saturated heterocycles. The van der Waals surface area contributed by atoms with Gasteiger partial charge in [-0.15, -0.1) is 0 Å². The minimum absolute atomic E-state index is 0. The molecule has 3 heterocycles. The number of carbonyl (C=O) groups excluding carboxylic acids is 1. The number of piperazine rings is 1. The first-order valence-corrected chi connectivity index (χ1v) is 17.8. The second-order valence-corrected chi connectivity index (χ2v) is 13.1. The molecular weight excluding hydrogens is 826 g/mol. The van der Waals surface area contributed by atoms with Gasteiger partial charge in [0.1, 0.15) is 56.5 Å². The number of ether oxygens (including phenoxy) is 2. The number of furan rings is 1. The van der Waals surface area contributed by atoms with Crippen LogP contribution >= 0.6 is 0 Å². The van der Waals surface area contributed by atoms with Crippen molar-refractivity contribution in [3.63, 3.8) is 0 Å². The zero-order chi connectivity index (χ0) is 42.8. The summed E-state index contributed by atoms with van der Waals surface area (Å²) < 4.78 is 23.0. The van der Waals surface area contributed by atoms with Gasteiger partial charge in [-0.05, 0) is 36.2 Å². The van der Waals surface area contributed by atoms with Crippen LogP contribution in [-0.4, -0.2) is 211 Å². The number of aromatic nitrogens is 1. The number of hydrogen-bond donors (Lipinski definition) is 6. The molecular formula is C37H39KN5O17. The number of oxazole rings is 1. The number of carbonyl (C=O) groups is 7. The van der Waals surface area contributed by atoms with Crippen molar-refractivity contribution in [2.24, 2.45) is 0 Å². The Morgan fingerprint density at radius 1 is 0.683 bits per heavy atom. The maximum absolute atomic E-state index is 13.0. The number of fused-ring (bicyclic) bond motifs is 1. The van der Waals surface area contributed by atoms with E-state index in [0.29, 0.717) is 37.1 Å². The van der Waals surface area contributed by atoms with E-state index in [1.54, 1.807) is 15.9 Å². The molecule has 23 heteroatoms. The zero-order valence-corrected chi connectivity index (χ0v) is 35.3. The monoisotopic (exact) mass is 864 g/mol. The number of nitrogens with zero attached hydrogens (tertiary/aromatic N) is 5. The van der Waals surface area contributed by atoms with Gasteiger partial charge in [0, 0.05) is 95.4 Å². The molecule has 0 saturated carbocycles. The van der Waals surface area contributed by atoms with Gasteiger partial charge in [0.15, 0.2) is 5.76 Å². The summed E-state index contributed by atoms with van der Waals surface area (Å²) in [5.41, 5.74) is 0.814. The molecule has 4 aromatic rings. The van der Waals surface area contributed by atoms with E-state index in [9.17, 15) is 59.1 Å². The third-order valence-electron chi connectivity index (χ3n) is 8.85. The summed E-state index contributed by atoms with van der Waals surface area (Å²) in [5.74, 6) is -8.44. The Morgan fingerprint density at radius 2 is 1.25 bits per heavy atom. The van der Waals surface area contributed by atoms with Crippen molar-refractivity contribution in [3.8, 4) is 23.1 Å². The molecule has 60 heavy (non-hydrogen) atoms. The number of carboxylic acid groups (broad SMARTS) is 6. The number of hydrogen-bond acceptors (Lipinski definition) is 15. The Bertz CT molecular complexity index is 2200. The molecule has 1 amide bonds. The number of anilines is 2. The van der Waals surface area contributed by atoms with Crippen LogP contribution in [-0.2, 0) is 35.2 Å². The van der Waals surface area contributed by atoms with Crippen LogP contribution in [0.5, 0.6) is 11.5 Å². The van der Waals surface area contributed by atoms with Crippen LogP contribution in [0.15, 0.2) is 51.4 Å². The predicted octanol–water partition coefficient (Wildman–Crippen LogP) is 0.976. The van der Waals surface area contributed by atoms with Crippen LogP contribution in [0, 0.1) is 0 Å². The third-order valence-corrected chi connectivity index (χ3v) is 8.85. The van der Waals surface area contributed by atoms with Crippen LogP contribution in [0.25, 0.3) is 22.6 Å². The minimum Gasteiger partial charge on any atom is -0.488 e. The summed E-state index contributed by atoms with van der Waals surface area (Å²) in [7, 11) is 0. The van der Waals surface area contributed by atoms with E-state index in [1.807, 2.05) is 0 Å². The largest absolute Gasteiger partial charge is 0.488 e. The van der Waals surface area contributed by atoms with Crippen LogP contribution in [0.4, 0.5) is 11.4 Å². The number of aryl methyl sites for hydroxylation is 1. The van der Waals surface area contributed by atoms with Crippen molar-refractivity contribution in [2.45, 2.75) is 12.8 Å². The molecule has 2 aromatic carbocycles. The van der Waals surface area contributed by atoms with Crippen molar-refractivity contribution in [2.75, 3.05) is 81.9 Å². The summed E-state index contributed by atoms with van der Waals surface area (Å²) in [6.45, 7) is -2.05. The average Bonchev–Trinajstić information content (AvgIpc) is 3.82. The van der Waals surface area contributed by atoms with Crippen molar-refractivity contribution in [1.29, 1.82) is 0 Å². The van der Waals surface area contributed by atoms with Crippen LogP contribution < -0.4 is 19.3 Å². The molecule has 22 nitrogen and oxygen atoms in total. The van der Waals surface area contributed by atoms with E-state index in [0.717, 1.165) is 16.0 Å². The number of aliphatic carboxylic acids is 5. The number of benzene rings is 2. The zero-order valence-electron chi connectivity index (χ0n) is 32.1. The molecule has 0 unspecified atom stereocenters. The van der Waals surface area contributed by atoms with Crippen molar-refractivity contribution < 1.29 is 82.5 Å². The topological polar surface area (TPSA) is 311 Å². The van der Waals surface area contributed by atoms with Gasteiger partial charge in [0.05, 0.1) is 24.1 Å². The molecule has 0 bridgehead atoms. The van der Waals surface area contributed by atoms with Crippen LogP contribution in [0.1, 0.15) is 22.5 Å². The standard InChI is InChI=1S/C37H39N5O17.K/c43-30(40-7-5-39(6-8-40)16-31(44)45)4-2-21-1-3-23(41(17-32(46)47)18-33(48)49)26(11-21)56-9-10-57-27-12-22-13-28(36-38-15-29(59-36)37(54)55)58-25(22)14-24(27)42(19-34(50)51)20-35(52)53;/h1,3,11-15H,2,4-10,16-20H2,(H,44,45)(H,46,47)(H,48,49)(H,50,51)(H,52,53)(H,54,55);. The first kappa shape index (κ1) is 47.0. The third kappa shape index (κ3) is 13.1. The molecule has 0 spiro atoms. The summed E-state index contributed by atoms with van der Waals surface area (Å²) in [6, 6.07) is 8.81. The Kier molecular flexibility index (Phi) is 16.8. The van der Waals surface area contributed by atoms with Gasteiger partial charge in [0.2, 0.25) is 11.7 Å². The fourth-order valence-corrected chi connectivity index (χ4v) is 6.27. The first-order chi connectivity index (χ1) is 28.1. The molecule has 6 N–H and O–H groups in total. The van der Waals surface area contributed by atoms with Gasteiger partial charge in [-0.1, -0.05) is 6.07 Å². The molecule has 2 aromatic heterocycles. The minimum atomic E-state index is -1.37. The summed E-state index contributed by atoms with van der Waals surface area (Å²) in [5, 5.41) is 56.8. The SMILES string of the molecule is O=C(O)CN1CCN(C(=O)CCc2ccc(N(CC(=O)O)CC(=O)O)c(OCCOc3cc4cc(-c5ncc(C(=O)O)o5)oc4cc3N(CC(=O)O)CC(=O)O)c2)CC1.[K]. The Hall–Kier alpha value is -5.72. The van der Waals surface area contributed by atoms with Gasteiger partial charge in [-0.25, -0.2) is 9.78 Å². The maximum Gasteiger partial charge on any atom is 0.373 e. The number of carboxylic acids is 6. The van der Waals surface area contributed by atoms with Gasteiger partial charge >= 0.3 is 35.8 Å². The van der Waals surface area contributed by atoms with Crippen LogP contribution in [0.2, 0.25) is 0 Å². The summed E-state index contributed by atoms with van der Waals surface area (Å²) in [6.07, 6.45) is 1.28. The smallest absolute Gasteiger partial charge is 0.373 e. The molecule has 1 radical (unpaired) electrons. The Labute approximate surface area is 381 Å². The fourth-order valence-electron chi connectivity index (χ4n) is 6.27. The van der Waals surface area contributed by atoms with E-state index in [4.69, 9.17) is 23.4 Å². The van der Waals surface area contributed by atoms with Gasteiger partial charge < -0.3 is 63.6 Å². The molecule has 1 aliphatic rings. The maximum atomic E-state index is 13.0. The van der Waals surface area contributed by atoms with Crippen molar-refractivity contribution >= 4 is 115 Å². The molecule has 1 fully saturated rings. The molecule has 1 aliphatic heterocycles. The first-order valence-electron chi connectivity index (χ1n) is 17.8. The Morgan fingerprint density at radius 3 is 1.78 bits per heavy atom. The number of amides is 1. The van der Waals surface area contributed by atoms with Crippen molar-refractivity contribution in [1.82, 2.24) is 14.8 Å². The quantitative estimate of drug-likeness (QED) is 0.0474. The summed E-state index contributed by atoms with van der Waals surface area (Å²) >= 11 is 0. The van der Waals surface area contributed by atoms with Gasteiger partial charge in [-0.3, -0.25) is 33.7 Å². The molecule has 0 atom stereocenters. The average molecular weight is 865 g/mol. The molecule has 0 aliphatic carbocycles. The Balaban J connectivity index is 0.00000794. The fraction of sp³-hybridized carbons (Fsp3) is 0.351. The predicted molar refractivity (Wildman–Crippen MR) is 206 cm³/mol. The second-order valence-electron chi connectivity index (χ2n) is 13.1. The number of rotatable bonds is 22. The number of aromatic carboxylic acids is 1. The summed E-state index contributed by atoms with van der Waals surface area (Å²) in [4.78, 5) is 91.6.